The molecule has 0 amide bonds. The first kappa shape index (κ1) is 15.9. The molecule has 8 atom stereocenters. The normalized spacial score (nSPS) is 58.7. The molecule has 0 heterocycles. The van der Waals surface area contributed by atoms with Gasteiger partial charge in [0.15, 0.2) is 0 Å². The molecule has 134 valence electrons. The molecule has 2 N–H and O–H groups in total. The smallest absolute Gasteiger partial charge is 0.0577 e. The summed E-state index contributed by atoms with van der Waals surface area (Å²) >= 11 is 0. The third kappa shape index (κ3) is 1.75. The summed E-state index contributed by atoms with van der Waals surface area (Å²) in [5, 5.41) is 19.9. The average molecular weight is 331 g/mol. The van der Waals surface area contributed by atoms with Gasteiger partial charge in [0.1, 0.15) is 0 Å². The van der Waals surface area contributed by atoms with Gasteiger partial charge in [-0.1, -0.05) is 25.5 Å². The summed E-state index contributed by atoms with van der Waals surface area (Å²) in [7, 11) is 0. The molecule has 0 bridgehead atoms. The summed E-state index contributed by atoms with van der Waals surface area (Å²) in [5.74, 6) is 3.16. The Hall–Kier alpha value is -0.340. The summed E-state index contributed by atoms with van der Waals surface area (Å²) in [6.07, 6.45) is 13.6. The van der Waals surface area contributed by atoms with Crippen molar-refractivity contribution >= 4 is 0 Å². The Morgan fingerprint density at radius 3 is 2.62 bits per heavy atom. The van der Waals surface area contributed by atoms with Gasteiger partial charge in [-0.05, 0) is 97.7 Å². The third-order valence-electron chi connectivity index (χ3n) is 9.96. The molecule has 0 aromatic carbocycles. The van der Waals surface area contributed by atoms with Gasteiger partial charge in [-0.25, -0.2) is 0 Å². The van der Waals surface area contributed by atoms with Gasteiger partial charge in [0.25, 0.3) is 0 Å². The molecule has 4 saturated carbocycles. The molecule has 4 fully saturated rings. The van der Waals surface area contributed by atoms with Crippen LogP contribution in [-0.2, 0) is 0 Å². The number of aliphatic hydroxyl groups is 2. The number of allylic oxidation sites excluding steroid dienone is 1. The highest BCUT2D eigenvalue weighted by Crippen LogP contribution is 2.78. The van der Waals surface area contributed by atoms with Gasteiger partial charge in [0.05, 0.1) is 6.10 Å². The number of fused-ring (bicyclic) bond motifs is 6. The van der Waals surface area contributed by atoms with E-state index in [9.17, 15) is 10.2 Å². The minimum absolute atomic E-state index is 0.0961. The predicted molar refractivity (Wildman–Crippen MR) is 95.3 cm³/mol. The van der Waals surface area contributed by atoms with E-state index in [0.717, 1.165) is 30.6 Å². The van der Waals surface area contributed by atoms with Crippen molar-refractivity contribution in [3.8, 4) is 0 Å². The Labute approximate surface area is 146 Å². The van der Waals surface area contributed by atoms with E-state index in [-0.39, 0.29) is 6.10 Å². The minimum Gasteiger partial charge on any atom is -0.396 e. The summed E-state index contributed by atoms with van der Waals surface area (Å²) in [6, 6.07) is 0. The number of aliphatic hydroxyl groups excluding tert-OH is 2. The molecule has 5 rings (SSSR count). The van der Waals surface area contributed by atoms with Gasteiger partial charge in [-0.15, -0.1) is 0 Å². The Morgan fingerprint density at radius 2 is 1.88 bits per heavy atom. The van der Waals surface area contributed by atoms with E-state index in [2.05, 4.69) is 19.9 Å². The van der Waals surface area contributed by atoms with E-state index in [4.69, 9.17) is 0 Å². The van der Waals surface area contributed by atoms with Crippen LogP contribution in [0, 0.1) is 39.9 Å². The quantitative estimate of drug-likeness (QED) is 0.703. The van der Waals surface area contributed by atoms with Gasteiger partial charge in [0, 0.05) is 6.61 Å². The van der Waals surface area contributed by atoms with Crippen molar-refractivity contribution in [3.05, 3.63) is 11.6 Å². The van der Waals surface area contributed by atoms with Crippen LogP contribution in [0.25, 0.3) is 0 Å². The van der Waals surface area contributed by atoms with Crippen LogP contribution in [0.1, 0.15) is 71.6 Å². The van der Waals surface area contributed by atoms with E-state index in [1.807, 2.05) is 0 Å². The highest BCUT2D eigenvalue weighted by molar-refractivity contribution is 5.27. The highest BCUT2D eigenvalue weighted by atomic mass is 16.3. The number of hydrogen-bond donors (Lipinski definition) is 2. The fraction of sp³-hybridized carbons (Fsp3) is 0.909. The van der Waals surface area contributed by atoms with Gasteiger partial charge < -0.3 is 10.2 Å². The Kier molecular flexibility index (Phi) is 3.23. The van der Waals surface area contributed by atoms with Crippen molar-refractivity contribution < 1.29 is 10.2 Å². The molecule has 2 heteroatoms. The van der Waals surface area contributed by atoms with Crippen LogP contribution in [0.3, 0.4) is 0 Å². The van der Waals surface area contributed by atoms with Crippen LogP contribution in [0.2, 0.25) is 0 Å². The SMILES string of the molecule is C[C@]12CC[C@H](O)CC1=CC[C@@H]1[C@@H]2CC[C@@]2(C)[C@H]1CC[C@@]21C[C@H]1CO. The van der Waals surface area contributed by atoms with Gasteiger partial charge >= 0.3 is 0 Å². The van der Waals surface area contributed by atoms with Crippen molar-refractivity contribution in [1.82, 2.24) is 0 Å². The van der Waals surface area contributed by atoms with E-state index >= 15 is 0 Å². The number of rotatable bonds is 1. The molecule has 5 aliphatic rings. The summed E-state index contributed by atoms with van der Waals surface area (Å²) in [4.78, 5) is 0. The average Bonchev–Trinajstić information content (AvgIpc) is 3.21. The van der Waals surface area contributed by atoms with Crippen LogP contribution >= 0.6 is 0 Å². The number of hydrogen-bond acceptors (Lipinski definition) is 2. The van der Waals surface area contributed by atoms with E-state index in [0.29, 0.717) is 28.8 Å². The third-order valence-corrected chi connectivity index (χ3v) is 9.96. The maximum Gasteiger partial charge on any atom is 0.0577 e. The standard InChI is InChI=1S/C22H34O2/c1-20-8-5-16(24)11-14(20)3-4-17-18(20)6-9-21(2)19(17)7-10-22(21)12-15(22)13-23/h3,15-19,23-24H,4-13H2,1-2H3/t15-,16-,17+,18-,19-,20-,21-,22-/m0/s1. The summed E-state index contributed by atoms with van der Waals surface area (Å²) in [5.41, 5.74) is 2.92. The Bertz CT molecular complexity index is 583. The minimum atomic E-state index is -0.0961. The first-order valence-electron chi connectivity index (χ1n) is 10.4. The van der Waals surface area contributed by atoms with E-state index in [1.54, 1.807) is 5.57 Å². The van der Waals surface area contributed by atoms with Crippen molar-refractivity contribution in [2.45, 2.75) is 77.7 Å². The van der Waals surface area contributed by atoms with Crippen LogP contribution in [0.5, 0.6) is 0 Å². The highest BCUT2D eigenvalue weighted by Gasteiger charge is 2.71. The largest absolute Gasteiger partial charge is 0.396 e. The molecule has 5 aliphatic carbocycles. The lowest BCUT2D eigenvalue weighted by Crippen LogP contribution is -2.50. The maximum atomic E-state index is 10.1. The Morgan fingerprint density at radius 1 is 1.08 bits per heavy atom. The van der Waals surface area contributed by atoms with Crippen LogP contribution in [-0.4, -0.2) is 22.9 Å². The first-order chi connectivity index (χ1) is 11.4. The molecule has 0 aliphatic heterocycles. The second-order valence-electron chi connectivity index (χ2n) is 10.4. The van der Waals surface area contributed by atoms with E-state index < -0.39 is 0 Å². The predicted octanol–water partition coefficient (Wildman–Crippen LogP) is 4.31. The molecule has 0 unspecified atom stereocenters. The fourth-order valence-corrected chi connectivity index (χ4v) is 8.44. The first-order valence-corrected chi connectivity index (χ1v) is 10.4. The van der Waals surface area contributed by atoms with Gasteiger partial charge in [-0.2, -0.15) is 0 Å². The molecular formula is C22H34O2. The maximum absolute atomic E-state index is 10.1. The summed E-state index contributed by atoms with van der Waals surface area (Å²) < 4.78 is 0. The molecule has 0 radical (unpaired) electrons. The molecule has 0 saturated heterocycles. The molecule has 24 heavy (non-hydrogen) atoms. The van der Waals surface area contributed by atoms with E-state index in [1.165, 1.54) is 44.9 Å². The van der Waals surface area contributed by atoms with Crippen LogP contribution in [0.4, 0.5) is 0 Å². The fourth-order valence-electron chi connectivity index (χ4n) is 8.44. The zero-order chi connectivity index (χ0) is 16.7. The van der Waals surface area contributed by atoms with Gasteiger partial charge in [0.2, 0.25) is 0 Å². The van der Waals surface area contributed by atoms with Crippen LogP contribution in [0.15, 0.2) is 11.6 Å². The van der Waals surface area contributed by atoms with Gasteiger partial charge in [-0.3, -0.25) is 0 Å². The molecule has 0 aromatic heterocycles. The molecular weight excluding hydrogens is 296 g/mol. The van der Waals surface area contributed by atoms with Crippen molar-refractivity contribution in [2.24, 2.45) is 39.9 Å². The van der Waals surface area contributed by atoms with Crippen molar-refractivity contribution in [1.29, 1.82) is 0 Å². The lowest BCUT2D eigenvalue weighted by atomic mass is 9.47. The zero-order valence-corrected chi connectivity index (χ0v) is 15.4. The monoisotopic (exact) mass is 330 g/mol. The zero-order valence-electron chi connectivity index (χ0n) is 15.4. The lowest BCUT2D eigenvalue weighted by Gasteiger charge is -2.58. The molecule has 2 nitrogen and oxygen atoms in total. The lowest BCUT2D eigenvalue weighted by molar-refractivity contribution is -0.0584. The second kappa shape index (κ2) is 4.88. The second-order valence-corrected chi connectivity index (χ2v) is 10.4. The van der Waals surface area contributed by atoms with Crippen LogP contribution < -0.4 is 0 Å². The topological polar surface area (TPSA) is 40.5 Å². The summed E-state index contributed by atoms with van der Waals surface area (Å²) in [6.45, 7) is 5.52. The van der Waals surface area contributed by atoms with Crippen molar-refractivity contribution in [2.75, 3.05) is 6.61 Å². The Balaban J connectivity index is 1.47. The van der Waals surface area contributed by atoms with Crippen molar-refractivity contribution in [3.63, 3.8) is 0 Å². The molecule has 0 aromatic rings. The molecule has 1 spiro atoms.